The van der Waals surface area contributed by atoms with E-state index in [0.717, 1.165) is 56.0 Å². The van der Waals surface area contributed by atoms with E-state index in [-0.39, 0.29) is 5.91 Å². The summed E-state index contributed by atoms with van der Waals surface area (Å²) in [7, 11) is 2.10. The Labute approximate surface area is 135 Å². The van der Waals surface area contributed by atoms with Crippen LogP contribution in [0.3, 0.4) is 0 Å². The molecule has 0 spiro atoms. The van der Waals surface area contributed by atoms with E-state index in [9.17, 15) is 4.79 Å². The molecule has 0 N–H and O–H groups in total. The van der Waals surface area contributed by atoms with Crippen molar-refractivity contribution in [3.8, 4) is 11.3 Å². The molecule has 1 amide bonds. The summed E-state index contributed by atoms with van der Waals surface area (Å²) < 4.78 is 5.50. The molecule has 4 rings (SSSR count). The summed E-state index contributed by atoms with van der Waals surface area (Å²) in [5, 5.41) is 4.22. The third kappa shape index (κ3) is 2.55. The van der Waals surface area contributed by atoms with Crippen LogP contribution in [0.1, 0.15) is 18.5 Å². The number of benzene rings is 1. The van der Waals surface area contributed by atoms with Gasteiger partial charge in [-0.05, 0) is 19.9 Å². The molecule has 2 aliphatic rings. The van der Waals surface area contributed by atoms with Crippen molar-refractivity contribution in [2.75, 3.05) is 33.2 Å². The standard InChI is InChI=1S/C18H21N3O2/c1-20-9-11-21(12-10-20)17(22)18(7-8-18)16-13-15(23-19-16)14-5-3-2-4-6-14/h2-6,13H,7-12H2,1H3. The summed E-state index contributed by atoms with van der Waals surface area (Å²) in [5.41, 5.74) is 1.35. The summed E-state index contributed by atoms with van der Waals surface area (Å²) in [6.45, 7) is 3.49. The summed E-state index contributed by atoms with van der Waals surface area (Å²) in [6, 6.07) is 11.8. The highest BCUT2D eigenvalue weighted by Crippen LogP contribution is 2.49. The predicted molar refractivity (Wildman–Crippen MR) is 86.9 cm³/mol. The predicted octanol–water partition coefficient (Wildman–Crippen LogP) is 2.15. The normalized spacial score (nSPS) is 20.5. The number of hydrogen-bond acceptors (Lipinski definition) is 4. The largest absolute Gasteiger partial charge is 0.356 e. The van der Waals surface area contributed by atoms with Crippen molar-refractivity contribution < 1.29 is 9.32 Å². The van der Waals surface area contributed by atoms with Crippen molar-refractivity contribution in [1.29, 1.82) is 0 Å². The highest BCUT2D eigenvalue weighted by atomic mass is 16.5. The van der Waals surface area contributed by atoms with Crippen LogP contribution in [-0.4, -0.2) is 54.1 Å². The molecule has 0 atom stereocenters. The van der Waals surface area contributed by atoms with E-state index >= 15 is 0 Å². The van der Waals surface area contributed by atoms with Gasteiger partial charge in [0.1, 0.15) is 0 Å². The third-order valence-corrected chi connectivity index (χ3v) is 5.01. The molecule has 1 saturated carbocycles. The third-order valence-electron chi connectivity index (χ3n) is 5.01. The topological polar surface area (TPSA) is 49.6 Å². The van der Waals surface area contributed by atoms with Crippen molar-refractivity contribution in [3.63, 3.8) is 0 Å². The van der Waals surface area contributed by atoms with E-state index in [0.29, 0.717) is 0 Å². The monoisotopic (exact) mass is 311 g/mol. The van der Waals surface area contributed by atoms with Crippen LogP contribution in [0.2, 0.25) is 0 Å². The lowest BCUT2D eigenvalue weighted by Crippen LogP contribution is -2.50. The van der Waals surface area contributed by atoms with Crippen LogP contribution in [-0.2, 0) is 10.2 Å². The molecule has 1 saturated heterocycles. The number of aromatic nitrogens is 1. The lowest BCUT2D eigenvalue weighted by atomic mass is 9.99. The van der Waals surface area contributed by atoms with Gasteiger partial charge in [0.15, 0.2) is 5.76 Å². The second-order valence-corrected chi connectivity index (χ2v) is 6.62. The average Bonchev–Trinajstić information content (AvgIpc) is 3.25. The van der Waals surface area contributed by atoms with Gasteiger partial charge in [-0.15, -0.1) is 0 Å². The zero-order chi connectivity index (χ0) is 15.9. The Hall–Kier alpha value is -2.14. The van der Waals surface area contributed by atoms with Crippen molar-refractivity contribution in [3.05, 3.63) is 42.1 Å². The first-order valence-corrected chi connectivity index (χ1v) is 8.20. The van der Waals surface area contributed by atoms with E-state index in [1.165, 1.54) is 0 Å². The molecule has 2 heterocycles. The van der Waals surface area contributed by atoms with Gasteiger partial charge in [-0.1, -0.05) is 35.5 Å². The Balaban J connectivity index is 1.55. The Bertz CT molecular complexity index is 698. The molecule has 5 nitrogen and oxygen atoms in total. The van der Waals surface area contributed by atoms with Crippen molar-refractivity contribution >= 4 is 5.91 Å². The number of likely N-dealkylation sites (N-methyl/N-ethyl adjacent to an activating group) is 1. The quantitative estimate of drug-likeness (QED) is 0.871. The van der Waals surface area contributed by atoms with E-state index in [2.05, 4.69) is 17.1 Å². The lowest BCUT2D eigenvalue weighted by Gasteiger charge is -2.34. The van der Waals surface area contributed by atoms with Gasteiger partial charge in [-0.3, -0.25) is 4.79 Å². The van der Waals surface area contributed by atoms with E-state index in [1.54, 1.807) is 0 Å². The first-order chi connectivity index (χ1) is 11.2. The zero-order valence-corrected chi connectivity index (χ0v) is 13.4. The van der Waals surface area contributed by atoms with Crippen LogP contribution in [0.4, 0.5) is 0 Å². The van der Waals surface area contributed by atoms with Crippen LogP contribution in [0, 0.1) is 0 Å². The summed E-state index contributed by atoms with van der Waals surface area (Å²) >= 11 is 0. The second-order valence-electron chi connectivity index (χ2n) is 6.62. The molecule has 1 aromatic carbocycles. The van der Waals surface area contributed by atoms with Crippen LogP contribution in [0.5, 0.6) is 0 Å². The van der Waals surface area contributed by atoms with Crippen LogP contribution < -0.4 is 0 Å². The number of nitrogens with zero attached hydrogens (tertiary/aromatic N) is 3. The molecule has 0 bridgehead atoms. The molecule has 1 aliphatic heterocycles. The Morgan fingerprint density at radius 3 is 2.48 bits per heavy atom. The number of amides is 1. The van der Waals surface area contributed by atoms with E-state index < -0.39 is 5.41 Å². The molecular formula is C18H21N3O2. The summed E-state index contributed by atoms with van der Waals surface area (Å²) in [6.07, 6.45) is 1.75. The van der Waals surface area contributed by atoms with Crippen molar-refractivity contribution in [2.45, 2.75) is 18.3 Å². The highest BCUT2D eigenvalue weighted by molar-refractivity contribution is 5.91. The highest BCUT2D eigenvalue weighted by Gasteiger charge is 2.55. The molecule has 1 aliphatic carbocycles. The minimum Gasteiger partial charge on any atom is -0.356 e. The molecular weight excluding hydrogens is 290 g/mol. The molecule has 0 unspecified atom stereocenters. The first kappa shape index (κ1) is 14.5. The Kier molecular flexibility index (Phi) is 3.45. The number of piperazine rings is 1. The smallest absolute Gasteiger partial charge is 0.235 e. The molecule has 2 aromatic rings. The molecule has 120 valence electrons. The van der Waals surface area contributed by atoms with Crippen LogP contribution in [0.15, 0.2) is 40.9 Å². The number of carbonyl (C=O) groups excluding carboxylic acids is 1. The number of rotatable bonds is 3. The minimum absolute atomic E-state index is 0.221. The number of hydrogen-bond donors (Lipinski definition) is 0. The summed E-state index contributed by atoms with van der Waals surface area (Å²) in [5.74, 6) is 0.955. The van der Waals surface area contributed by atoms with E-state index in [4.69, 9.17) is 4.52 Å². The number of carbonyl (C=O) groups is 1. The fourth-order valence-electron chi connectivity index (χ4n) is 3.26. The molecule has 5 heteroatoms. The van der Waals surface area contributed by atoms with Gasteiger partial charge in [0, 0.05) is 37.8 Å². The first-order valence-electron chi connectivity index (χ1n) is 8.20. The van der Waals surface area contributed by atoms with Gasteiger partial charge >= 0.3 is 0 Å². The van der Waals surface area contributed by atoms with Gasteiger partial charge < -0.3 is 14.3 Å². The van der Waals surface area contributed by atoms with Gasteiger partial charge in [0.25, 0.3) is 0 Å². The summed E-state index contributed by atoms with van der Waals surface area (Å²) in [4.78, 5) is 17.2. The zero-order valence-electron chi connectivity index (χ0n) is 13.4. The maximum Gasteiger partial charge on any atom is 0.235 e. The molecule has 2 fully saturated rings. The van der Waals surface area contributed by atoms with Crippen molar-refractivity contribution in [1.82, 2.24) is 15.0 Å². The fourth-order valence-corrected chi connectivity index (χ4v) is 3.26. The van der Waals surface area contributed by atoms with Gasteiger partial charge in [0.05, 0.1) is 11.1 Å². The Morgan fingerprint density at radius 1 is 1.13 bits per heavy atom. The van der Waals surface area contributed by atoms with Crippen LogP contribution >= 0.6 is 0 Å². The second kappa shape index (κ2) is 5.49. The fraction of sp³-hybridized carbons (Fsp3) is 0.444. The van der Waals surface area contributed by atoms with E-state index in [1.807, 2.05) is 41.3 Å². The lowest BCUT2D eigenvalue weighted by molar-refractivity contribution is -0.135. The van der Waals surface area contributed by atoms with Gasteiger partial charge in [-0.25, -0.2) is 0 Å². The van der Waals surface area contributed by atoms with Gasteiger partial charge in [0.2, 0.25) is 5.91 Å². The maximum absolute atomic E-state index is 13.0. The van der Waals surface area contributed by atoms with Crippen LogP contribution in [0.25, 0.3) is 11.3 Å². The molecule has 0 radical (unpaired) electrons. The maximum atomic E-state index is 13.0. The molecule has 23 heavy (non-hydrogen) atoms. The SMILES string of the molecule is CN1CCN(C(=O)C2(c3cc(-c4ccccc4)on3)CC2)CC1. The Morgan fingerprint density at radius 2 is 1.83 bits per heavy atom. The average molecular weight is 311 g/mol. The minimum atomic E-state index is -0.438. The van der Waals surface area contributed by atoms with Crippen molar-refractivity contribution in [2.24, 2.45) is 0 Å². The molecule has 1 aromatic heterocycles. The van der Waals surface area contributed by atoms with Gasteiger partial charge in [-0.2, -0.15) is 0 Å².